The first-order chi connectivity index (χ1) is 13.0. The molecule has 1 N–H and O–H groups in total. The highest BCUT2D eigenvalue weighted by Gasteiger charge is 2.15. The molecule has 2 aromatic carbocycles. The van der Waals surface area contributed by atoms with Gasteiger partial charge in [-0.25, -0.2) is 9.97 Å². The van der Waals surface area contributed by atoms with Crippen molar-refractivity contribution < 1.29 is 9.47 Å². The summed E-state index contributed by atoms with van der Waals surface area (Å²) in [5.41, 5.74) is 5.45. The van der Waals surface area contributed by atoms with Gasteiger partial charge in [0.05, 0.1) is 48.5 Å². The van der Waals surface area contributed by atoms with Crippen LogP contribution in [-0.4, -0.2) is 28.6 Å². The first-order valence-electron chi connectivity index (χ1n) is 8.43. The molecule has 0 aliphatic rings. The van der Waals surface area contributed by atoms with Gasteiger partial charge < -0.3 is 14.8 Å². The third kappa shape index (κ3) is 2.92. The van der Waals surface area contributed by atoms with Crippen LogP contribution >= 0.6 is 11.6 Å². The highest BCUT2D eigenvalue weighted by atomic mass is 35.5. The number of rotatable bonds is 4. The van der Waals surface area contributed by atoms with Gasteiger partial charge in [0.1, 0.15) is 5.52 Å². The van der Waals surface area contributed by atoms with E-state index >= 15 is 0 Å². The van der Waals surface area contributed by atoms with Crippen molar-refractivity contribution in [3.63, 3.8) is 0 Å². The van der Waals surface area contributed by atoms with Crippen LogP contribution in [0.2, 0.25) is 5.02 Å². The Morgan fingerprint density at radius 3 is 2.44 bits per heavy atom. The molecule has 0 spiro atoms. The fourth-order valence-electron chi connectivity index (χ4n) is 3.26. The average Bonchev–Trinajstić information content (AvgIpc) is 3.13. The zero-order valence-corrected chi connectivity index (χ0v) is 16.3. The van der Waals surface area contributed by atoms with Crippen LogP contribution in [0.25, 0.3) is 16.6 Å². The van der Waals surface area contributed by atoms with E-state index in [2.05, 4.69) is 16.4 Å². The first kappa shape index (κ1) is 17.4. The van der Waals surface area contributed by atoms with E-state index in [1.165, 1.54) is 0 Å². The fraction of sp³-hybridized carbons (Fsp3) is 0.200. The van der Waals surface area contributed by atoms with Crippen molar-refractivity contribution in [1.82, 2.24) is 14.4 Å². The predicted molar refractivity (Wildman–Crippen MR) is 108 cm³/mol. The van der Waals surface area contributed by atoms with E-state index in [4.69, 9.17) is 26.1 Å². The molecule has 7 heteroatoms. The summed E-state index contributed by atoms with van der Waals surface area (Å²) in [7, 11) is 3.22. The molecule has 0 aliphatic carbocycles. The van der Waals surface area contributed by atoms with Crippen LogP contribution in [0.15, 0.2) is 36.8 Å². The standard InChI is InChI=1S/C20H19ClN4O2/c1-11-5-12(2)19(13(21)6-11)24-20-16-9-22-10-25(16)15-8-18(27-4)17(26-3)7-14(15)23-20/h5-10H,1-4H3,(H,23,24). The van der Waals surface area contributed by atoms with Gasteiger partial charge in [-0.05, 0) is 31.0 Å². The van der Waals surface area contributed by atoms with Crippen molar-refractivity contribution in [2.45, 2.75) is 13.8 Å². The lowest BCUT2D eigenvalue weighted by molar-refractivity contribution is 0.355. The molecule has 2 heterocycles. The number of benzene rings is 2. The Hall–Kier alpha value is -2.99. The Labute approximate surface area is 161 Å². The van der Waals surface area contributed by atoms with Crippen molar-refractivity contribution in [3.05, 3.63) is 52.9 Å². The zero-order valence-electron chi connectivity index (χ0n) is 15.5. The van der Waals surface area contributed by atoms with E-state index in [1.807, 2.05) is 36.4 Å². The van der Waals surface area contributed by atoms with Gasteiger partial charge in [0, 0.05) is 12.1 Å². The summed E-state index contributed by atoms with van der Waals surface area (Å²) < 4.78 is 12.8. The Bertz CT molecular complexity index is 1150. The SMILES string of the molecule is COc1cc2nc(Nc3c(C)cc(C)cc3Cl)c3cncn3c2cc1OC. The van der Waals surface area contributed by atoms with Gasteiger partial charge in [0.2, 0.25) is 0 Å². The number of anilines is 2. The van der Waals surface area contributed by atoms with E-state index in [1.54, 1.807) is 26.7 Å². The summed E-state index contributed by atoms with van der Waals surface area (Å²) in [5, 5.41) is 4.03. The maximum absolute atomic E-state index is 6.47. The number of aryl methyl sites for hydroxylation is 2. The molecule has 6 nitrogen and oxygen atoms in total. The number of fused-ring (bicyclic) bond motifs is 3. The molecule has 0 atom stereocenters. The molecule has 138 valence electrons. The van der Waals surface area contributed by atoms with Crippen molar-refractivity contribution in [3.8, 4) is 11.5 Å². The molecule has 0 fully saturated rings. The highest BCUT2D eigenvalue weighted by Crippen LogP contribution is 2.35. The van der Waals surface area contributed by atoms with Crippen LogP contribution in [0.4, 0.5) is 11.5 Å². The van der Waals surface area contributed by atoms with Crippen molar-refractivity contribution in [2.24, 2.45) is 0 Å². The predicted octanol–water partition coefficient (Wildman–Crippen LogP) is 4.91. The minimum atomic E-state index is 0.618. The van der Waals surface area contributed by atoms with Gasteiger partial charge in [0.25, 0.3) is 0 Å². The molecule has 0 bridgehead atoms. The molecule has 27 heavy (non-hydrogen) atoms. The zero-order chi connectivity index (χ0) is 19.1. The summed E-state index contributed by atoms with van der Waals surface area (Å²) >= 11 is 6.47. The fourth-order valence-corrected chi connectivity index (χ4v) is 3.63. The summed E-state index contributed by atoms with van der Waals surface area (Å²) in [6.07, 6.45) is 3.52. The molecule has 0 radical (unpaired) electrons. The third-order valence-electron chi connectivity index (χ3n) is 4.53. The van der Waals surface area contributed by atoms with Gasteiger partial charge in [0.15, 0.2) is 17.3 Å². The molecule has 0 saturated carbocycles. The van der Waals surface area contributed by atoms with Crippen molar-refractivity contribution >= 4 is 39.7 Å². The van der Waals surface area contributed by atoms with Gasteiger partial charge in [-0.2, -0.15) is 0 Å². The Morgan fingerprint density at radius 2 is 1.74 bits per heavy atom. The summed E-state index contributed by atoms with van der Waals surface area (Å²) in [6.45, 7) is 4.04. The number of methoxy groups -OCH3 is 2. The maximum Gasteiger partial charge on any atom is 0.163 e. The molecular formula is C20H19ClN4O2. The van der Waals surface area contributed by atoms with Crippen LogP contribution < -0.4 is 14.8 Å². The summed E-state index contributed by atoms with van der Waals surface area (Å²) in [4.78, 5) is 9.08. The number of halogens is 1. The van der Waals surface area contributed by atoms with Gasteiger partial charge >= 0.3 is 0 Å². The second-order valence-corrected chi connectivity index (χ2v) is 6.78. The van der Waals surface area contributed by atoms with Crippen molar-refractivity contribution in [2.75, 3.05) is 19.5 Å². The number of hydrogen-bond acceptors (Lipinski definition) is 5. The topological polar surface area (TPSA) is 60.7 Å². The number of nitrogens with one attached hydrogen (secondary N) is 1. The molecule has 4 aromatic rings. The van der Waals surface area contributed by atoms with Crippen LogP contribution in [0.3, 0.4) is 0 Å². The lowest BCUT2D eigenvalue weighted by atomic mass is 10.1. The Kier molecular flexibility index (Phi) is 4.28. The molecule has 0 saturated heterocycles. The maximum atomic E-state index is 6.47. The molecule has 0 unspecified atom stereocenters. The van der Waals surface area contributed by atoms with Gasteiger partial charge in [-0.3, -0.25) is 4.40 Å². The normalized spacial score (nSPS) is 11.1. The van der Waals surface area contributed by atoms with Crippen LogP contribution in [0.5, 0.6) is 11.5 Å². The number of ether oxygens (including phenoxy) is 2. The second-order valence-electron chi connectivity index (χ2n) is 6.37. The number of hydrogen-bond donors (Lipinski definition) is 1. The summed E-state index contributed by atoms with van der Waals surface area (Å²) in [6, 6.07) is 7.75. The van der Waals surface area contributed by atoms with Crippen molar-refractivity contribution in [1.29, 1.82) is 0 Å². The molecule has 0 aliphatic heterocycles. The van der Waals surface area contributed by atoms with Crippen LogP contribution in [-0.2, 0) is 0 Å². The first-order valence-corrected chi connectivity index (χ1v) is 8.81. The molecule has 4 rings (SSSR count). The third-order valence-corrected chi connectivity index (χ3v) is 4.83. The van der Waals surface area contributed by atoms with E-state index in [0.717, 1.165) is 33.4 Å². The second kappa shape index (κ2) is 6.63. The quantitative estimate of drug-likeness (QED) is 0.543. The lowest BCUT2D eigenvalue weighted by Crippen LogP contribution is -2.02. The van der Waals surface area contributed by atoms with E-state index in [-0.39, 0.29) is 0 Å². The smallest absolute Gasteiger partial charge is 0.163 e. The van der Waals surface area contributed by atoms with Crippen LogP contribution in [0, 0.1) is 13.8 Å². The van der Waals surface area contributed by atoms with Crippen LogP contribution in [0.1, 0.15) is 11.1 Å². The Balaban J connectivity index is 1.94. The minimum absolute atomic E-state index is 0.618. The van der Waals surface area contributed by atoms with E-state index in [9.17, 15) is 0 Å². The van der Waals surface area contributed by atoms with E-state index in [0.29, 0.717) is 22.3 Å². The monoisotopic (exact) mass is 382 g/mol. The molecule has 2 aromatic heterocycles. The van der Waals surface area contributed by atoms with E-state index < -0.39 is 0 Å². The highest BCUT2D eigenvalue weighted by molar-refractivity contribution is 6.33. The number of nitrogens with zero attached hydrogens (tertiary/aromatic N) is 3. The summed E-state index contributed by atoms with van der Waals surface area (Å²) in [5.74, 6) is 1.92. The Morgan fingerprint density at radius 1 is 1.00 bits per heavy atom. The lowest BCUT2D eigenvalue weighted by Gasteiger charge is -2.15. The number of aromatic nitrogens is 3. The van der Waals surface area contributed by atoms with Gasteiger partial charge in [-0.15, -0.1) is 0 Å². The van der Waals surface area contributed by atoms with Gasteiger partial charge in [-0.1, -0.05) is 17.7 Å². The molecular weight excluding hydrogens is 364 g/mol. The molecule has 0 amide bonds. The largest absolute Gasteiger partial charge is 0.493 e. The minimum Gasteiger partial charge on any atom is -0.493 e. The average molecular weight is 383 g/mol. The number of imidazole rings is 1.